The Morgan fingerprint density at radius 2 is 1.63 bits per heavy atom. The van der Waals surface area contributed by atoms with Crippen LogP contribution in [-0.2, 0) is 0 Å². The molecule has 0 amide bonds. The third-order valence-corrected chi connectivity index (χ3v) is 5.07. The molecule has 0 fully saturated rings. The van der Waals surface area contributed by atoms with Crippen LogP contribution in [-0.4, -0.2) is 21.1 Å². The molecule has 3 aromatic carbocycles. The molecule has 4 nitrogen and oxygen atoms in total. The van der Waals surface area contributed by atoms with Crippen LogP contribution in [0.5, 0.6) is 0 Å². The molecule has 27 heavy (non-hydrogen) atoms. The predicted molar refractivity (Wildman–Crippen MR) is 112 cm³/mol. The average molecular weight is 358 g/mol. The molecule has 136 valence electrons. The number of hydrogen-bond acceptors (Lipinski definition) is 3. The first kappa shape index (κ1) is 17.4. The zero-order chi connectivity index (χ0) is 19.1. The molecule has 0 aliphatic heterocycles. The van der Waals surface area contributed by atoms with Gasteiger partial charge < -0.3 is 5.11 Å². The molecule has 0 unspecified atom stereocenters. The summed E-state index contributed by atoms with van der Waals surface area (Å²) in [7, 11) is 0. The van der Waals surface area contributed by atoms with E-state index in [0.29, 0.717) is 6.61 Å². The van der Waals surface area contributed by atoms with E-state index in [9.17, 15) is 4.79 Å². The molecule has 5 aromatic rings. The minimum atomic E-state index is 0.00931. The van der Waals surface area contributed by atoms with Crippen molar-refractivity contribution in [3.63, 3.8) is 0 Å². The van der Waals surface area contributed by atoms with E-state index in [1.165, 1.54) is 11.1 Å². The Morgan fingerprint density at radius 1 is 1.00 bits per heavy atom. The molecule has 0 saturated heterocycles. The van der Waals surface area contributed by atoms with E-state index < -0.39 is 0 Å². The molecule has 0 spiro atoms. The van der Waals surface area contributed by atoms with Gasteiger partial charge in [-0.15, -0.1) is 0 Å². The predicted octanol–water partition coefficient (Wildman–Crippen LogP) is 4.60. The van der Waals surface area contributed by atoms with E-state index in [1.54, 1.807) is 4.40 Å². The second-order valence-corrected chi connectivity index (χ2v) is 6.93. The molecule has 0 saturated carbocycles. The van der Waals surface area contributed by atoms with Crippen molar-refractivity contribution in [2.24, 2.45) is 0 Å². The van der Waals surface area contributed by atoms with Crippen LogP contribution >= 0.6 is 0 Å². The largest absolute Gasteiger partial charge is 0.396 e. The Morgan fingerprint density at radius 3 is 2.30 bits per heavy atom. The summed E-state index contributed by atoms with van der Waals surface area (Å²) in [6.45, 7) is 6.39. The van der Waals surface area contributed by atoms with Crippen molar-refractivity contribution in [3.05, 3.63) is 70.0 Å². The summed E-state index contributed by atoms with van der Waals surface area (Å²) in [5.41, 5.74) is 4.89. The molecule has 1 N–H and O–H groups in total. The maximum absolute atomic E-state index is 13.1. The number of hydrogen-bond donors (Lipinski definition) is 1. The van der Waals surface area contributed by atoms with Crippen LogP contribution in [0.3, 0.4) is 0 Å². The number of aliphatic hydroxyl groups is 1. The van der Waals surface area contributed by atoms with E-state index in [1.807, 2.05) is 37.3 Å². The standard InChI is InChI=1S/C20H14N2O.C3H8O/c1-11-9-16-17(10-12(11)2)22-19(21-16)14-7-3-5-13-6-4-8-15(18(13)14)20(22)23;1-2-3-4/h3-10H,1-2H3;4H,2-3H2,1H3. The fourth-order valence-corrected chi connectivity index (χ4v) is 3.54. The number of aliphatic hydroxyl groups excluding tert-OH is 1. The van der Waals surface area contributed by atoms with Gasteiger partial charge in [0.25, 0.3) is 5.56 Å². The van der Waals surface area contributed by atoms with Crippen molar-refractivity contribution < 1.29 is 5.11 Å². The van der Waals surface area contributed by atoms with Crippen molar-refractivity contribution in [3.8, 4) is 0 Å². The van der Waals surface area contributed by atoms with Crippen molar-refractivity contribution in [1.29, 1.82) is 0 Å². The van der Waals surface area contributed by atoms with Crippen LogP contribution in [0.4, 0.5) is 0 Å². The molecular formula is C23H22N2O2. The fraction of sp³-hybridized carbons (Fsp3) is 0.217. The summed E-state index contributed by atoms with van der Waals surface area (Å²) in [6.07, 6.45) is 0.875. The van der Waals surface area contributed by atoms with Crippen molar-refractivity contribution >= 4 is 38.2 Å². The van der Waals surface area contributed by atoms with Crippen LogP contribution in [0.1, 0.15) is 24.5 Å². The van der Waals surface area contributed by atoms with Gasteiger partial charge in [0.15, 0.2) is 0 Å². The molecule has 0 aliphatic carbocycles. The SMILES string of the molecule is CCCO.Cc1cc2nc3c4cccc5cccc(c(=O)n3c2cc1C)c54. The van der Waals surface area contributed by atoms with Gasteiger partial charge in [0.05, 0.1) is 11.0 Å². The lowest BCUT2D eigenvalue weighted by Gasteiger charge is -2.06. The van der Waals surface area contributed by atoms with E-state index in [4.69, 9.17) is 10.1 Å². The highest BCUT2D eigenvalue weighted by Crippen LogP contribution is 2.30. The van der Waals surface area contributed by atoms with E-state index in [2.05, 4.69) is 32.0 Å². The smallest absolute Gasteiger partial charge is 0.264 e. The van der Waals surface area contributed by atoms with Gasteiger partial charge in [-0.05, 0) is 55.0 Å². The first-order valence-electron chi connectivity index (χ1n) is 9.24. The lowest BCUT2D eigenvalue weighted by Crippen LogP contribution is -2.13. The zero-order valence-corrected chi connectivity index (χ0v) is 15.8. The van der Waals surface area contributed by atoms with Gasteiger partial charge in [0.1, 0.15) is 5.65 Å². The summed E-state index contributed by atoms with van der Waals surface area (Å²) >= 11 is 0. The third-order valence-electron chi connectivity index (χ3n) is 5.07. The van der Waals surface area contributed by atoms with Crippen molar-refractivity contribution in [1.82, 2.24) is 9.38 Å². The summed E-state index contributed by atoms with van der Waals surface area (Å²) in [5, 5.41) is 11.8. The summed E-state index contributed by atoms with van der Waals surface area (Å²) in [6, 6.07) is 16.1. The molecule has 0 aliphatic rings. The van der Waals surface area contributed by atoms with Crippen LogP contribution in [0.25, 0.3) is 38.2 Å². The lowest BCUT2D eigenvalue weighted by molar-refractivity contribution is 0.295. The summed E-state index contributed by atoms with van der Waals surface area (Å²) < 4.78 is 1.76. The monoisotopic (exact) mass is 358 g/mol. The molecular weight excluding hydrogens is 336 g/mol. The molecule has 5 rings (SSSR count). The Kier molecular flexibility index (Phi) is 4.28. The number of fused-ring (bicyclic) bond motifs is 4. The summed E-state index contributed by atoms with van der Waals surface area (Å²) in [5.74, 6) is 0. The second kappa shape index (κ2) is 6.63. The van der Waals surface area contributed by atoms with E-state index in [-0.39, 0.29) is 5.56 Å². The maximum Gasteiger partial charge on any atom is 0.264 e. The highest BCUT2D eigenvalue weighted by Gasteiger charge is 2.16. The zero-order valence-electron chi connectivity index (χ0n) is 15.8. The highest BCUT2D eigenvalue weighted by atomic mass is 16.2. The minimum Gasteiger partial charge on any atom is -0.396 e. The van der Waals surface area contributed by atoms with Crippen LogP contribution in [0.15, 0.2) is 53.3 Å². The van der Waals surface area contributed by atoms with E-state index >= 15 is 0 Å². The van der Waals surface area contributed by atoms with E-state index in [0.717, 1.165) is 44.6 Å². The van der Waals surface area contributed by atoms with Crippen LogP contribution < -0.4 is 5.56 Å². The molecule has 0 atom stereocenters. The van der Waals surface area contributed by atoms with Gasteiger partial charge in [-0.2, -0.15) is 0 Å². The third kappa shape index (κ3) is 2.64. The Balaban J connectivity index is 0.000000413. The number of rotatable bonds is 1. The maximum atomic E-state index is 13.1. The summed E-state index contributed by atoms with van der Waals surface area (Å²) in [4.78, 5) is 17.9. The van der Waals surface area contributed by atoms with Gasteiger partial charge in [0, 0.05) is 22.8 Å². The van der Waals surface area contributed by atoms with Gasteiger partial charge in [-0.1, -0.05) is 37.3 Å². The number of imidazole rings is 1. The van der Waals surface area contributed by atoms with Crippen LogP contribution in [0.2, 0.25) is 0 Å². The fourth-order valence-electron chi connectivity index (χ4n) is 3.54. The first-order valence-corrected chi connectivity index (χ1v) is 9.24. The molecule has 0 radical (unpaired) electrons. The normalized spacial score (nSPS) is 11.4. The Bertz CT molecular complexity index is 1330. The Labute approximate surface area is 157 Å². The van der Waals surface area contributed by atoms with Gasteiger partial charge in [-0.25, -0.2) is 4.98 Å². The number of aryl methyl sites for hydroxylation is 2. The molecule has 2 aromatic heterocycles. The molecule has 4 heteroatoms. The number of nitrogens with zero attached hydrogens (tertiary/aromatic N) is 2. The minimum absolute atomic E-state index is 0.00931. The van der Waals surface area contributed by atoms with Crippen LogP contribution in [0, 0.1) is 13.8 Å². The first-order chi connectivity index (χ1) is 13.1. The van der Waals surface area contributed by atoms with Gasteiger partial charge in [0.2, 0.25) is 0 Å². The van der Waals surface area contributed by atoms with Gasteiger partial charge >= 0.3 is 0 Å². The average Bonchev–Trinajstić information content (AvgIpc) is 3.05. The van der Waals surface area contributed by atoms with Gasteiger partial charge in [-0.3, -0.25) is 9.20 Å². The number of pyridine rings is 1. The highest BCUT2D eigenvalue weighted by molar-refractivity contribution is 6.15. The second-order valence-electron chi connectivity index (χ2n) is 6.93. The van der Waals surface area contributed by atoms with Crippen molar-refractivity contribution in [2.75, 3.05) is 6.61 Å². The molecule has 2 heterocycles. The topological polar surface area (TPSA) is 54.6 Å². The number of benzene rings is 3. The quantitative estimate of drug-likeness (QED) is 0.476. The van der Waals surface area contributed by atoms with Crippen molar-refractivity contribution in [2.45, 2.75) is 27.2 Å². The molecule has 0 bridgehead atoms. The Hall–Kier alpha value is -2.98. The lowest BCUT2D eigenvalue weighted by atomic mass is 10.0. The number of aromatic nitrogens is 2.